The van der Waals surface area contributed by atoms with Crippen LogP contribution in [0.4, 0.5) is 5.69 Å². The van der Waals surface area contributed by atoms with E-state index < -0.39 is 0 Å². The zero-order valence-electron chi connectivity index (χ0n) is 16.0. The van der Waals surface area contributed by atoms with E-state index in [4.69, 9.17) is 23.8 Å². The van der Waals surface area contributed by atoms with Crippen LogP contribution in [0.5, 0.6) is 0 Å². The van der Waals surface area contributed by atoms with Gasteiger partial charge in [-0.25, -0.2) is 0 Å². The average Bonchev–Trinajstić information content (AvgIpc) is 2.70. The summed E-state index contributed by atoms with van der Waals surface area (Å²) in [4.78, 5) is 4.73. The SMILES string of the molecule is CCCCc1ccc(NC(=S)N2CCN(Cc3ccc(Cl)cc3)CC2)cc1. The van der Waals surface area contributed by atoms with Crippen LogP contribution < -0.4 is 5.32 Å². The highest BCUT2D eigenvalue weighted by Crippen LogP contribution is 2.15. The molecule has 0 bridgehead atoms. The Morgan fingerprint density at radius 3 is 2.22 bits per heavy atom. The molecule has 144 valence electrons. The predicted molar refractivity (Wildman–Crippen MR) is 120 cm³/mol. The van der Waals surface area contributed by atoms with Gasteiger partial charge >= 0.3 is 0 Å². The van der Waals surface area contributed by atoms with Crippen molar-refractivity contribution in [1.82, 2.24) is 9.80 Å². The van der Waals surface area contributed by atoms with Crippen molar-refractivity contribution in [3.63, 3.8) is 0 Å². The molecule has 1 heterocycles. The number of piperazine rings is 1. The molecule has 1 N–H and O–H groups in total. The van der Waals surface area contributed by atoms with Gasteiger partial charge in [0.05, 0.1) is 0 Å². The van der Waals surface area contributed by atoms with Crippen molar-refractivity contribution in [3.8, 4) is 0 Å². The minimum atomic E-state index is 0.790. The second kappa shape index (κ2) is 10.1. The lowest BCUT2D eigenvalue weighted by Crippen LogP contribution is -2.49. The van der Waals surface area contributed by atoms with Gasteiger partial charge in [0.25, 0.3) is 0 Å². The van der Waals surface area contributed by atoms with Gasteiger partial charge in [-0.3, -0.25) is 4.90 Å². The number of nitrogens with zero attached hydrogens (tertiary/aromatic N) is 2. The lowest BCUT2D eigenvalue weighted by atomic mass is 10.1. The maximum absolute atomic E-state index is 5.96. The zero-order valence-corrected chi connectivity index (χ0v) is 17.5. The monoisotopic (exact) mass is 401 g/mol. The minimum absolute atomic E-state index is 0.790. The van der Waals surface area contributed by atoms with Crippen molar-refractivity contribution in [2.75, 3.05) is 31.5 Å². The van der Waals surface area contributed by atoms with Crippen LogP contribution in [0.25, 0.3) is 0 Å². The molecule has 0 aromatic heterocycles. The van der Waals surface area contributed by atoms with Gasteiger partial charge in [-0.2, -0.15) is 0 Å². The van der Waals surface area contributed by atoms with Crippen molar-refractivity contribution in [1.29, 1.82) is 0 Å². The standard InChI is InChI=1S/C22H28ClN3S/c1-2-3-4-18-7-11-21(12-8-18)24-22(27)26-15-13-25(14-16-26)17-19-5-9-20(23)10-6-19/h5-12H,2-4,13-17H2,1H3,(H,24,27). The van der Waals surface area contributed by atoms with Crippen molar-refractivity contribution in [3.05, 3.63) is 64.7 Å². The van der Waals surface area contributed by atoms with Crippen molar-refractivity contribution in [2.45, 2.75) is 32.7 Å². The fraction of sp³-hybridized carbons (Fsp3) is 0.409. The molecule has 1 aliphatic rings. The molecule has 0 atom stereocenters. The van der Waals surface area contributed by atoms with E-state index in [9.17, 15) is 0 Å². The Bertz CT molecular complexity index is 722. The van der Waals surface area contributed by atoms with E-state index in [-0.39, 0.29) is 0 Å². The minimum Gasteiger partial charge on any atom is -0.346 e. The second-order valence-corrected chi connectivity index (χ2v) is 7.94. The Labute approximate surface area is 173 Å². The third kappa shape index (κ3) is 6.20. The smallest absolute Gasteiger partial charge is 0.173 e. The molecule has 27 heavy (non-hydrogen) atoms. The Balaban J connectivity index is 1.44. The normalized spacial score (nSPS) is 15.0. The number of hydrogen-bond donors (Lipinski definition) is 1. The molecule has 3 nitrogen and oxygen atoms in total. The van der Waals surface area contributed by atoms with E-state index in [2.05, 4.69) is 58.4 Å². The Morgan fingerprint density at radius 1 is 0.963 bits per heavy atom. The van der Waals surface area contributed by atoms with Crippen LogP contribution in [0.3, 0.4) is 0 Å². The van der Waals surface area contributed by atoms with Crippen LogP contribution in [0, 0.1) is 0 Å². The molecule has 2 aromatic carbocycles. The number of hydrogen-bond acceptors (Lipinski definition) is 2. The van der Waals surface area contributed by atoms with Crippen molar-refractivity contribution < 1.29 is 0 Å². The van der Waals surface area contributed by atoms with Gasteiger partial charge in [0, 0.05) is 43.4 Å². The largest absolute Gasteiger partial charge is 0.346 e. The molecule has 2 aromatic rings. The van der Waals surface area contributed by atoms with Crippen LogP contribution in [0.15, 0.2) is 48.5 Å². The van der Waals surface area contributed by atoms with Crippen LogP contribution >= 0.6 is 23.8 Å². The molecule has 0 unspecified atom stereocenters. The summed E-state index contributed by atoms with van der Waals surface area (Å²) in [5, 5.41) is 5.00. The predicted octanol–water partition coefficient (Wildman–Crippen LogP) is 5.20. The molecule has 1 fully saturated rings. The van der Waals surface area contributed by atoms with E-state index in [0.717, 1.165) is 55.0 Å². The molecule has 0 saturated carbocycles. The first-order valence-corrected chi connectivity index (χ1v) is 10.5. The number of thiocarbonyl (C=S) groups is 1. The molecule has 1 aliphatic heterocycles. The topological polar surface area (TPSA) is 18.5 Å². The maximum atomic E-state index is 5.96. The summed E-state index contributed by atoms with van der Waals surface area (Å²) >= 11 is 11.6. The number of aryl methyl sites for hydroxylation is 1. The lowest BCUT2D eigenvalue weighted by Gasteiger charge is -2.36. The van der Waals surface area contributed by atoms with Gasteiger partial charge in [0.15, 0.2) is 5.11 Å². The molecule has 0 spiro atoms. The Kier molecular flexibility index (Phi) is 7.50. The third-order valence-corrected chi connectivity index (χ3v) is 5.62. The molecule has 0 amide bonds. The molecule has 3 rings (SSSR count). The number of anilines is 1. The summed E-state index contributed by atoms with van der Waals surface area (Å²) in [7, 11) is 0. The highest BCUT2D eigenvalue weighted by atomic mass is 35.5. The van der Waals surface area contributed by atoms with Crippen LogP contribution in [0.2, 0.25) is 5.02 Å². The number of nitrogens with one attached hydrogen (secondary N) is 1. The first kappa shape index (κ1) is 20.1. The van der Waals surface area contributed by atoms with Gasteiger partial charge in [-0.15, -0.1) is 0 Å². The fourth-order valence-electron chi connectivity index (χ4n) is 3.30. The van der Waals surface area contributed by atoms with E-state index in [0.29, 0.717) is 0 Å². The number of halogens is 1. The van der Waals surface area contributed by atoms with Gasteiger partial charge in [-0.05, 0) is 60.5 Å². The van der Waals surface area contributed by atoms with Crippen molar-refractivity contribution >= 4 is 34.6 Å². The van der Waals surface area contributed by atoms with E-state index >= 15 is 0 Å². The molecule has 0 aliphatic carbocycles. The summed E-state index contributed by atoms with van der Waals surface area (Å²) in [6, 6.07) is 16.8. The highest BCUT2D eigenvalue weighted by molar-refractivity contribution is 7.80. The quantitative estimate of drug-likeness (QED) is 0.670. The average molecular weight is 402 g/mol. The van der Waals surface area contributed by atoms with Gasteiger partial charge < -0.3 is 10.2 Å². The van der Waals surface area contributed by atoms with Crippen LogP contribution in [-0.2, 0) is 13.0 Å². The van der Waals surface area contributed by atoms with E-state index in [1.807, 2.05) is 12.1 Å². The zero-order chi connectivity index (χ0) is 19.1. The summed E-state index contributed by atoms with van der Waals surface area (Å²) in [6.45, 7) is 7.12. The summed E-state index contributed by atoms with van der Waals surface area (Å²) < 4.78 is 0. The van der Waals surface area contributed by atoms with Crippen LogP contribution in [-0.4, -0.2) is 41.1 Å². The third-order valence-electron chi connectivity index (χ3n) is 5.00. The molecular formula is C22H28ClN3S. The van der Waals surface area contributed by atoms with E-state index in [1.165, 1.54) is 24.0 Å². The second-order valence-electron chi connectivity index (χ2n) is 7.12. The molecule has 5 heteroatoms. The number of benzene rings is 2. The fourth-order valence-corrected chi connectivity index (χ4v) is 3.72. The summed E-state index contributed by atoms with van der Waals surface area (Å²) in [6.07, 6.45) is 3.62. The van der Waals surface area contributed by atoms with Gasteiger partial charge in [0.1, 0.15) is 0 Å². The maximum Gasteiger partial charge on any atom is 0.173 e. The summed E-state index contributed by atoms with van der Waals surface area (Å²) in [5.74, 6) is 0. The first-order chi connectivity index (χ1) is 13.1. The lowest BCUT2D eigenvalue weighted by molar-refractivity contribution is 0.177. The van der Waals surface area contributed by atoms with Gasteiger partial charge in [-0.1, -0.05) is 49.2 Å². The van der Waals surface area contributed by atoms with Gasteiger partial charge in [0.2, 0.25) is 0 Å². The summed E-state index contributed by atoms with van der Waals surface area (Å²) in [5.41, 5.74) is 3.77. The van der Waals surface area contributed by atoms with Crippen molar-refractivity contribution in [2.24, 2.45) is 0 Å². The number of rotatable bonds is 6. The first-order valence-electron chi connectivity index (χ1n) is 9.75. The molecule has 1 saturated heterocycles. The van der Waals surface area contributed by atoms with E-state index in [1.54, 1.807) is 0 Å². The van der Waals surface area contributed by atoms with Crippen LogP contribution in [0.1, 0.15) is 30.9 Å². The number of unbranched alkanes of at least 4 members (excludes halogenated alkanes) is 1. The molecular weight excluding hydrogens is 374 g/mol. The Morgan fingerprint density at radius 2 is 1.59 bits per heavy atom. The molecule has 0 radical (unpaired) electrons. The Hall–Kier alpha value is -1.62. The highest BCUT2D eigenvalue weighted by Gasteiger charge is 2.19.